The first kappa shape index (κ1) is 16.2. The van der Waals surface area contributed by atoms with Crippen LogP contribution in [-0.4, -0.2) is 25.5 Å². The molecule has 3 heteroatoms. The van der Waals surface area contributed by atoms with E-state index in [1.54, 1.807) is 0 Å². The second-order valence-corrected chi connectivity index (χ2v) is 6.10. The van der Waals surface area contributed by atoms with E-state index in [2.05, 4.69) is 53.8 Å². The smallest absolute Gasteiger partial charge is 0.275 e. The van der Waals surface area contributed by atoms with Gasteiger partial charge in [-0.15, -0.1) is 0 Å². The molecular formula is C19H25N2O+. The first-order valence-electron chi connectivity index (χ1n) is 7.79. The molecule has 1 unspecified atom stereocenters. The molecule has 22 heavy (non-hydrogen) atoms. The minimum absolute atomic E-state index is 0.105. The molecule has 0 saturated heterocycles. The van der Waals surface area contributed by atoms with Crippen LogP contribution in [0.1, 0.15) is 19.4 Å². The lowest BCUT2D eigenvalue weighted by Gasteiger charge is -2.15. The Morgan fingerprint density at radius 3 is 2.18 bits per heavy atom. The molecular weight excluding hydrogens is 272 g/mol. The Morgan fingerprint density at radius 1 is 1.00 bits per heavy atom. The van der Waals surface area contributed by atoms with Gasteiger partial charge in [0.25, 0.3) is 5.91 Å². The van der Waals surface area contributed by atoms with Gasteiger partial charge in [0.05, 0.1) is 7.05 Å². The maximum Gasteiger partial charge on any atom is 0.275 e. The molecule has 1 amide bonds. The fourth-order valence-electron chi connectivity index (χ4n) is 2.50. The molecule has 0 saturated carbocycles. The van der Waals surface area contributed by atoms with Gasteiger partial charge in [-0.1, -0.05) is 54.6 Å². The highest BCUT2D eigenvalue weighted by Crippen LogP contribution is 2.18. The van der Waals surface area contributed by atoms with Crippen LogP contribution < -0.4 is 10.2 Å². The number of hydrogen-bond acceptors (Lipinski definition) is 1. The number of rotatable bonds is 6. The Hall–Kier alpha value is -2.13. The normalized spacial score (nSPS) is 12.2. The molecule has 0 radical (unpaired) electrons. The van der Waals surface area contributed by atoms with Crippen LogP contribution in [-0.2, 0) is 11.3 Å². The van der Waals surface area contributed by atoms with Gasteiger partial charge >= 0.3 is 0 Å². The van der Waals surface area contributed by atoms with Gasteiger partial charge in [0.15, 0.2) is 6.54 Å². The largest absolute Gasteiger partial charge is 0.349 e. The molecule has 0 aromatic heterocycles. The third kappa shape index (κ3) is 5.01. The Balaban J connectivity index is 1.92. The summed E-state index contributed by atoms with van der Waals surface area (Å²) in [5.74, 6) is 0.105. The quantitative estimate of drug-likeness (QED) is 0.839. The van der Waals surface area contributed by atoms with Gasteiger partial charge in [-0.3, -0.25) is 4.79 Å². The molecule has 2 aromatic rings. The number of likely N-dealkylation sites (N-methyl/N-ethyl adjacent to an activating group) is 1. The second kappa shape index (κ2) is 7.76. The topological polar surface area (TPSA) is 33.5 Å². The van der Waals surface area contributed by atoms with Gasteiger partial charge in [0.1, 0.15) is 6.54 Å². The lowest BCUT2D eigenvalue weighted by Crippen LogP contribution is -3.09. The minimum Gasteiger partial charge on any atom is -0.349 e. The van der Waals surface area contributed by atoms with Crippen molar-refractivity contribution in [2.24, 2.45) is 0 Å². The van der Waals surface area contributed by atoms with Gasteiger partial charge in [0, 0.05) is 11.6 Å². The Morgan fingerprint density at radius 2 is 1.59 bits per heavy atom. The SMILES string of the molecule is CC(C)NC(=O)C[NH+](C)Cc1ccc(-c2ccccc2)cc1. The zero-order chi connectivity index (χ0) is 15.9. The molecule has 2 aromatic carbocycles. The summed E-state index contributed by atoms with van der Waals surface area (Å²) >= 11 is 0. The van der Waals surface area contributed by atoms with Gasteiger partial charge in [0.2, 0.25) is 0 Å². The van der Waals surface area contributed by atoms with Crippen molar-refractivity contribution < 1.29 is 9.69 Å². The fourth-order valence-corrected chi connectivity index (χ4v) is 2.50. The maximum atomic E-state index is 11.8. The molecule has 0 bridgehead atoms. The average Bonchev–Trinajstić information content (AvgIpc) is 2.47. The fraction of sp³-hybridized carbons (Fsp3) is 0.316. The summed E-state index contributed by atoms with van der Waals surface area (Å²) in [5.41, 5.74) is 3.69. The minimum atomic E-state index is 0.105. The van der Waals surface area contributed by atoms with Crippen LogP contribution in [0.5, 0.6) is 0 Å². The lowest BCUT2D eigenvalue weighted by atomic mass is 10.0. The zero-order valence-electron chi connectivity index (χ0n) is 13.6. The average molecular weight is 297 g/mol. The summed E-state index contributed by atoms with van der Waals surface area (Å²) in [6.07, 6.45) is 0. The highest BCUT2D eigenvalue weighted by Gasteiger charge is 2.11. The van der Waals surface area contributed by atoms with E-state index in [1.165, 1.54) is 21.6 Å². The molecule has 116 valence electrons. The number of amides is 1. The van der Waals surface area contributed by atoms with Crippen molar-refractivity contribution in [3.8, 4) is 11.1 Å². The third-order valence-corrected chi connectivity index (χ3v) is 3.48. The van der Waals surface area contributed by atoms with E-state index in [1.807, 2.05) is 27.0 Å². The van der Waals surface area contributed by atoms with Crippen LogP contribution in [0.25, 0.3) is 11.1 Å². The van der Waals surface area contributed by atoms with E-state index in [-0.39, 0.29) is 11.9 Å². The van der Waals surface area contributed by atoms with Gasteiger partial charge in [-0.05, 0) is 25.0 Å². The van der Waals surface area contributed by atoms with Crippen LogP contribution in [0.3, 0.4) is 0 Å². The highest BCUT2D eigenvalue weighted by atomic mass is 16.2. The monoisotopic (exact) mass is 297 g/mol. The summed E-state index contributed by atoms with van der Waals surface area (Å²) in [5, 5.41) is 2.93. The zero-order valence-corrected chi connectivity index (χ0v) is 13.6. The predicted molar refractivity (Wildman–Crippen MR) is 90.6 cm³/mol. The second-order valence-electron chi connectivity index (χ2n) is 6.10. The van der Waals surface area contributed by atoms with Crippen molar-refractivity contribution in [2.75, 3.05) is 13.6 Å². The van der Waals surface area contributed by atoms with E-state index in [0.29, 0.717) is 6.54 Å². The number of hydrogen-bond donors (Lipinski definition) is 2. The van der Waals surface area contributed by atoms with Crippen molar-refractivity contribution in [1.29, 1.82) is 0 Å². The summed E-state index contributed by atoms with van der Waals surface area (Å²) in [6, 6.07) is 19.1. The molecule has 0 aliphatic rings. The summed E-state index contributed by atoms with van der Waals surface area (Å²) in [4.78, 5) is 12.9. The Bertz CT molecular complexity index is 591. The number of nitrogens with one attached hydrogen (secondary N) is 2. The number of carbonyl (C=O) groups excluding carboxylic acids is 1. The Labute approximate surface area is 133 Å². The molecule has 0 heterocycles. The first-order valence-corrected chi connectivity index (χ1v) is 7.79. The van der Waals surface area contributed by atoms with Crippen LogP contribution in [0.4, 0.5) is 0 Å². The molecule has 0 spiro atoms. The molecule has 2 N–H and O–H groups in total. The highest BCUT2D eigenvalue weighted by molar-refractivity contribution is 5.77. The standard InChI is InChI=1S/C19H24N2O/c1-15(2)20-19(22)14-21(3)13-16-9-11-18(12-10-16)17-7-5-4-6-8-17/h4-12,15H,13-14H2,1-3H3,(H,20,22)/p+1. The molecule has 1 atom stereocenters. The first-order chi connectivity index (χ1) is 10.5. The molecule has 0 fully saturated rings. The Kier molecular flexibility index (Phi) is 5.73. The van der Waals surface area contributed by atoms with Crippen LogP contribution in [0, 0.1) is 0 Å². The van der Waals surface area contributed by atoms with E-state index >= 15 is 0 Å². The predicted octanol–water partition coefficient (Wildman–Crippen LogP) is 1.89. The summed E-state index contributed by atoms with van der Waals surface area (Å²) in [6.45, 7) is 5.31. The van der Waals surface area contributed by atoms with Crippen LogP contribution in [0.2, 0.25) is 0 Å². The van der Waals surface area contributed by atoms with Gasteiger partial charge < -0.3 is 10.2 Å². The molecule has 3 nitrogen and oxygen atoms in total. The van der Waals surface area contributed by atoms with Crippen molar-refractivity contribution >= 4 is 5.91 Å². The van der Waals surface area contributed by atoms with E-state index in [4.69, 9.17) is 0 Å². The maximum absolute atomic E-state index is 11.8. The molecule has 0 aliphatic carbocycles. The van der Waals surface area contributed by atoms with Crippen LogP contribution >= 0.6 is 0 Å². The van der Waals surface area contributed by atoms with E-state index in [9.17, 15) is 4.79 Å². The number of quaternary nitrogens is 1. The van der Waals surface area contributed by atoms with Crippen LogP contribution in [0.15, 0.2) is 54.6 Å². The van der Waals surface area contributed by atoms with Crippen molar-refractivity contribution in [2.45, 2.75) is 26.4 Å². The van der Waals surface area contributed by atoms with E-state index in [0.717, 1.165) is 6.54 Å². The lowest BCUT2D eigenvalue weighted by molar-refractivity contribution is -0.885. The summed E-state index contributed by atoms with van der Waals surface area (Å²) in [7, 11) is 2.05. The molecule has 2 rings (SSSR count). The number of carbonyl (C=O) groups is 1. The molecule has 0 aliphatic heterocycles. The number of benzene rings is 2. The van der Waals surface area contributed by atoms with Crippen molar-refractivity contribution in [1.82, 2.24) is 5.32 Å². The summed E-state index contributed by atoms with van der Waals surface area (Å²) < 4.78 is 0. The van der Waals surface area contributed by atoms with E-state index < -0.39 is 0 Å². The van der Waals surface area contributed by atoms with Gasteiger partial charge in [-0.25, -0.2) is 0 Å². The van der Waals surface area contributed by atoms with Crippen molar-refractivity contribution in [3.05, 3.63) is 60.2 Å². The van der Waals surface area contributed by atoms with Crippen molar-refractivity contribution in [3.63, 3.8) is 0 Å². The third-order valence-electron chi connectivity index (χ3n) is 3.48. The van der Waals surface area contributed by atoms with Gasteiger partial charge in [-0.2, -0.15) is 0 Å².